The average molecular weight is 276 g/mol. The van der Waals surface area contributed by atoms with E-state index in [0.717, 1.165) is 18.2 Å². The van der Waals surface area contributed by atoms with Gasteiger partial charge >= 0.3 is 0 Å². The molecule has 0 radical (unpaired) electrons. The summed E-state index contributed by atoms with van der Waals surface area (Å²) in [7, 11) is 0. The highest BCUT2D eigenvalue weighted by Crippen LogP contribution is 2.38. The summed E-state index contributed by atoms with van der Waals surface area (Å²) in [5.41, 5.74) is -0.815. The molecule has 102 valence electrons. The van der Waals surface area contributed by atoms with Crippen LogP contribution in [0.25, 0.3) is 11.1 Å². The maximum absolute atomic E-state index is 10.8. The molecule has 0 spiro atoms. The van der Waals surface area contributed by atoms with E-state index in [1.54, 1.807) is 0 Å². The number of hydrogen-bond donors (Lipinski definition) is 2. The van der Waals surface area contributed by atoms with Gasteiger partial charge in [-0.3, -0.25) is 20.2 Å². The molecule has 0 aliphatic carbocycles. The zero-order valence-electron chi connectivity index (χ0n) is 9.89. The molecular formula is C12H8N2O6. The first-order valence-electron chi connectivity index (χ1n) is 5.35. The Morgan fingerprint density at radius 2 is 1.45 bits per heavy atom. The van der Waals surface area contributed by atoms with Crippen molar-refractivity contribution in [3.8, 4) is 22.6 Å². The first kappa shape index (κ1) is 13.3. The number of nitrogens with zero attached hydrogens (tertiary/aromatic N) is 2. The van der Waals surface area contributed by atoms with Gasteiger partial charge in [0.2, 0.25) is 0 Å². The van der Waals surface area contributed by atoms with Crippen LogP contribution in [-0.2, 0) is 0 Å². The topological polar surface area (TPSA) is 127 Å². The normalized spacial score (nSPS) is 10.2. The third-order valence-corrected chi connectivity index (χ3v) is 2.65. The van der Waals surface area contributed by atoms with Gasteiger partial charge in [0.25, 0.3) is 11.4 Å². The molecule has 0 atom stereocenters. The Bertz CT molecular complexity index is 681. The van der Waals surface area contributed by atoms with Gasteiger partial charge in [0.1, 0.15) is 0 Å². The van der Waals surface area contributed by atoms with Crippen LogP contribution in [0.1, 0.15) is 0 Å². The van der Waals surface area contributed by atoms with Crippen molar-refractivity contribution >= 4 is 11.4 Å². The summed E-state index contributed by atoms with van der Waals surface area (Å²) in [5, 5.41) is 40.7. The predicted molar refractivity (Wildman–Crippen MR) is 68.5 cm³/mol. The Labute approximate surface area is 111 Å². The molecule has 2 aromatic rings. The summed E-state index contributed by atoms with van der Waals surface area (Å²) >= 11 is 0. The van der Waals surface area contributed by atoms with Crippen LogP contribution in [0.2, 0.25) is 0 Å². The largest absolute Gasteiger partial charge is 0.504 e. The number of aromatic hydroxyl groups is 2. The highest BCUT2D eigenvalue weighted by molar-refractivity contribution is 5.76. The summed E-state index contributed by atoms with van der Waals surface area (Å²) in [4.78, 5) is 20.0. The van der Waals surface area contributed by atoms with Gasteiger partial charge in [-0.2, -0.15) is 0 Å². The molecule has 0 aliphatic heterocycles. The Hall–Kier alpha value is -3.16. The van der Waals surface area contributed by atoms with Crippen LogP contribution in [-0.4, -0.2) is 20.1 Å². The lowest BCUT2D eigenvalue weighted by Gasteiger charge is -2.06. The fourth-order valence-corrected chi connectivity index (χ4v) is 1.73. The molecule has 0 heterocycles. The van der Waals surface area contributed by atoms with Crippen molar-refractivity contribution in [2.75, 3.05) is 0 Å². The molecule has 2 aromatic carbocycles. The SMILES string of the molecule is O=[N+]([O-])c1cc(-c2cccc(O)c2O)cc([N+](=O)[O-])c1. The molecule has 8 nitrogen and oxygen atoms in total. The molecule has 2 N–H and O–H groups in total. The molecule has 2 rings (SSSR count). The van der Waals surface area contributed by atoms with E-state index >= 15 is 0 Å². The van der Waals surface area contributed by atoms with E-state index in [0.29, 0.717) is 0 Å². The van der Waals surface area contributed by atoms with Crippen LogP contribution >= 0.6 is 0 Å². The van der Waals surface area contributed by atoms with E-state index in [1.807, 2.05) is 0 Å². The highest BCUT2D eigenvalue weighted by Gasteiger charge is 2.19. The predicted octanol–water partition coefficient (Wildman–Crippen LogP) is 2.58. The van der Waals surface area contributed by atoms with Crippen LogP contribution < -0.4 is 0 Å². The second-order valence-corrected chi connectivity index (χ2v) is 3.93. The minimum atomic E-state index is -0.768. The fraction of sp³-hybridized carbons (Fsp3) is 0. The van der Waals surface area contributed by atoms with E-state index < -0.39 is 32.7 Å². The molecule has 0 saturated heterocycles. The van der Waals surface area contributed by atoms with Crippen LogP contribution in [0, 0.1) is 20.2 Å². The number of phenols is 2. The molecule has 8 heteroatoms. The van der Waals surface area contributed by atoms with Crippen molar-refractivity contribution in [3.63, 3.8) is 0 Å². The van der Waals surface area contributed by atoms with Crippen molar-refractivity contribution in [1.82, 2.24) is 0 Å². The molecule has 0 amide bonds. The number of nitro benzene ring substituents is 2. The molecule has 0 bridgehead atoms. The zero-order valence-corrected chi connectivity index (χ0v) is 9.89. The highest BCUT2D eigenvalue weighted by atomic mass is 16.6. The van der Waals surface area contributed by atoms with Crippen molar-refractivity contribution in [2.45, 2.75) is 0 Å². The lowest BCUT2D eigenvalue weighted by atomic mass is 10.0. The second kappa shape index (κ2) is 4.84. The molecule has 0 fully saturated rings. The number of nitro groups is 2. The lowest BCUT2D eigenvalue weighted by Crippen LogP contribution is -1.94. The van der Waals surface area contributed by atoms with E-state index in [1.165, 1.54) is 18.2 Å². The standard InChI is InChI=1S/C12H8N2O6/c15-11-3-1-2-10(12(11)16)7-4-8(13(17)18)6-9(5-7)14(19)20/h1-6,15-16H. The minimum Gasteiger partial charge on any atom is -0.504 e. The maximum atomic E-state index is 10.8. The van der Waals surface area contributed by atoms with Crippen LogP contribution in [0.3, 0.4) is 0 Å². The smallest absolute Gasteiger partial charge is 0.276 e. The van der Waals surface area contributed by atoms with Gasteiger partial charge in [-0.15, -0.1) is 0 Å². The van der Waals surface area contributed by atoms with Crippen molar-refractivity contribution in [3.05, 3.63) is 56.6 Å². The van der Waals surface area contributed by atoms with E-state index in [9.17, 15) is 30.4 Å². The van der Waals surface area contributed by atoms with Crippen molar-refractivity contribution in [1.29, 1.82) is 0 Å². The quantitative estimate of drug-likeness (QED) is 0.504. The summed E-state index contributed by atoms with van der Waals surface area (Å²) in [6.07, 6.45) is 0. The molecule has 0 unspecified atom stereocenters. The number of para-hydroxylation sites is 1. The van der Waals surface area contributed by atoms with Crippen LogP contribution in [0.4, 0.5) is 11.4 Å². The second-order valence-electron chi connectivity index (χ2n) is 3.93. The average Bonchev–Trinajstić information content (AvgIpc) is 2.41. The van der Waals surface area contributed by atoms with Gasteiger partial charge in [0.15, 0.2) is 11.5 Å². The summed E-state index contributed by atoms with van der Waals surface area (Å²) in [5.74, 6) is -0.918. The minimum absolute atomic E-state index is 0.0665. The molecule has 0 aromatic heterocycles. The molecule has 20 heavy (non-hydrogen) atoms. The first-order chi connectivity index (χ1) is 9.40. The van der Waals surface area contributed by atoms with Crippen molar-refractivity contribution < 1.29 is 20.1 Å². The third kappa shape index (κ3) is 2.34. The number of hydrogen-bond acceptors (Lipinski definition) is 6. The van der Waals surface area contributed by atoms with Gasteiger partial charge in [-0.25, -0.2) is 0 Å². The Balaban J connectivity index is 2.70. The number of benzene rings is 2. The van der Waals surface area contributed by atoms with Gasteiger partial charge < -0.3 is 10.2 Å². The number of phenolic OH excluding ortho intramolecular Hbond substituents is 2. The van der Waals surface area contributed by atoms with Gasteiger partial charge in [0, 0.05) is 17.7 Å². The summed E-state index contributed by atoms with van der Waals surface area (Å²) in [6, 6.07) is 7.02. The van der Waals surface area contributed by atoms with Gasteiger partial charge in [0.05, 0.1) is 15.9 Å². The summed E-state index contributed by atoms with van der Waals surface area (Å²) in [6.45, 7) is 0. The summed E-state index contributed by atoms with van der Waals surface area (Å²) < 4.78 is 0. The van der Waals surface area contributed by atoms with E-state index in [-0.39, 0.29) is 11.1 Å². The van der Waals surface area contributed by atoms with Crippen LogP contribution in [0.15, 0.2) is 36.4 Å². The molecule has 0 saturated carbocycles. The Morgan fingerprint density at radius 1 is 0.900 bits per heavy atom. The Kier molecular flexibility index (Phi) is 3.21. The zero-order chi connectivity index (χ0) is 14.9. The molecular weight excluding hydrogens is 268 g/mol. The maximum Gasteiger partial charge on any atom is 0.276 e. The van der Waals surface area contributed by atoms with Gasteiger partial charge in [-0.05, 0) is 11.6 Å². The number of non-ortho nitro benzene ring substituents is 2. The van der Waals surface area contributed by atoms with Crippen molar-refractivity contribution in [2.24, 2.45) is 0 Å². The fourth-order valence-electron chi connectivity index (χ4n) is 1.73. The van der Waals surface area contributed by atoms with E-state index in [4.69, 9.17) is 0 Å². The molecule has 0 aliphatic rings. The Morgan fingerprint density at radius 3 is 1.95 bits per heavy atom. The number of rotatable bonds is 3. The lowest BCUT2D eigenvalue weighted by molar-refractivity contribution is -0.394. The monoisotopic (exact) mass is 276 g/mol. The third-order valence-electron chi connectivity index (χ3n) is 2.65. The van der Waals surface area contributed by atoms with E-state index in [2.05, 4.69) is 0 Å². The first-order valence-corrected chi connectivity index (χ1v) is 5.35. The van der Waals surface area contributed by atoms with Gasteiger partial charge in [-0.1, -0.05) is 12.1 Å². The van der Waals surface area contributed by atoms with Crippen LogP contribution in [0.5, 0.6) is 11.5 Å².